The maximum absolute atomic E-state index is 9.13. The fourth-order valence-corrected chi connectivity index (χ4v) is 2.46. The summed E-state index contributed by atoms with van der Waals surface area (Å²) in [6.45, 7) is 1.67. The summed E-state index contributed by atoms with van der Waals surface area (Å²) in [4.78, 5) is 2.07. The van der Waals surface area contributed by atoms with E-state index in [9.17, 15) is 0 Å². The Morgan fingerprint density at radius 1 is 1.50 bits per heavy atom. The molecule has 1 fully saturated rings. The summed E-state index contributed by atoms with van der Waals surface area (Å²) in [5, 5.41) is 9.73. The average Bonchev–Trinajstić information content (AvgIpc) is 2.39. The first-order valence-corrected chi connectivity index (χ1v) is 6.61. The quantitative estimate of drug-likeness (QED) is 0.841. The van der Waals surface area contributed by atoms with Crippen LogP contribution in [0.2, 0.25) is 5.02 Å². The first-order chi connectivity index (χ1) is 8.70. The molecule has 4 heteroatoms. The molecule has 96 valence electrons. The van der Waals surface area contributed by atoms with Crippen molar-refractivity contribution in [3.05, 3.63) is 28.8 Å². The maximum atomic E-state index is 9.13. The van der Waals surface area contributed by atoms with Gasteiger partial charge in [0.25, 0.3) is 0 Å². The standard InChI is InChI=1S/C14H17ClN2O/c1-17(10-13-4-2-3-7-18-13)14-6-5-12(15)8-11(14)9-16/h5-6,8,13H,2-4,7,10H2,1H3. The van der Waals surface area contributed by atoms with Gasteiger partial charge in [0.15, 0.2) is 0 Å². The van der Waals surface area contributed by atoms with Crippen LogP contribution in [-0.4, -0.2) is 26.3 Å². The van der Waals surface area contributed by atoms with Gasteiger partial charge in [-0.15, -0.1) is 0 Å². The van der Waals surface area contributed by atoms with Crippen LogP contribution in [0.15, 0.2) is 18.2 Å². The van der Waals surface area contributed by atoms with Gasteiger partial charge in [-0.3, -0.25) is 0 Å². The van der Waals surface area contributed by atoms with Crippen molar-refractivity contribution in [1.29, 1.82) is 5.26 Å². The number of benzene rings is 1. The molecule has 0 saturated carbocycles. The Hall–Kier alpha value is -1.24. The molecule has 1 unspecified atom stereocenters. The van der Waals surface area contributed by atoms with E-state index >= 15 is 0 Å². The molecular weight excluding hydrogens is 248 g/mol. The van der Waals surface area contributed by atoms with Crippen molar-refractivity contribution < 1.29 is 4.74 Å². The monoisotopic (exact) mass is 264 g/mol. The van der Waals surface area contributed by atoms with Gasteiger partial charge in [0.2, 0.25) is 0 Å². The lowest BCUT2D eigenvalue weighted by atomic mass is 10.1. The van der Waals surface area contributed by atoms with Gasteiger partial charge >= 0.3 is 0 Å². The summed E-state index contributed by atoms with van der Waals surface area (Å²) in [7, 11) is 1.99. The normalized spacial score (nSPS) is 19.3. The van der Waals surface area contributed by atoms with Crippen molar-refractivity contribution in [3.8, 4) is 6.07 Å². The molecule has 0 aromatic heterocycles. The van der Waals surface area contributed by atoms with Crippen molar-refractivity contribution in [3.63, 3.8) is 0 Å². The van der Waals surface area contributed by atoms with Gasteiger partial charge < -0.3 is 9.64 Å². The molecule has 1 heterocycles. The second-order valence-corrected chi connectivity index (χ2v) is 5.08. The third-order valence-electron chi connectivity index (χ3n) is 3.24. The molecule has 1 saturated heterocycles. The van der Waals surface area contributed by atoms with E-state index < -0.39 is 0 Å². The lowest BCUT2D eigenvalue weighted by Crippen LogP contribution is -2.33. The third-order valence-corrected chi connectivity index (χ3v) is 3.48. The largest absolute Gasteiger partial charge is 0.376 e. The Morgan fingerprint density at radius 3 is 3.00 bits per heavy atom. The Balaban J connectivity index is 2.08. The number of hydrogen-bond acceptors (Lipinski definition) is 3. The van der Waals surface area contributed by atoms with Gasteiger partial charge in [0.05, 0.1) is 17.4 Å². The second-order valence-electron chi connectivity index (χ2n) is 4.64. The summed E-state index contributed by atoms with van der Waals surface area (Å²) in [5.74, 6) is 0. The van der Waals surface area contributed by atoms with E-state index in [1.54, 1.807) is 6.07 Å². The summed E-state index contributed by atoms with van der Waals surface area (Å²) >= 11 is 5.90. The molecule has 0 radical (unpaired) electrons. The van der Waals surface area contributed by atoms with Crippen LogP contribution >= 0.6 is 11.6 Å². The average molecular weight is 265 g/mol. The number of likely N-dealkylation sites (N-methyl/N-ethyl adjacent to an activating group) is 1. The molecule has 0 bridgehead atoms. The van der Waals surface area contributed by atoms with Gasteiger partial charge in [-0.2, -0.15) is 5.26 Å². The SMILES string of the molecule is CN(CC1CCCCO1)c1ccc(Cl)cc1C#N. The number of anilines is 1. The molecule has 1 aromatic rings. The van der Waals surface area contributed by atoms with Crippen molar-refractivity contribution in [1.82, 2.24) is 0 Å². The van der Waals surface area contributed by atoms with Crippen LogP contribution in [0.3, 0.4) is 0 Å². The Bertz CT molecular complexity index is 450. The molecule has 0 spiro atoms. The number of halogens is 1. The number of ether oxygens (including phenoxy) is 1. The topological polar surface area (TPSA) is 36.3 Å². The third kappa shape index (κ3) is 3.16. The summed E-state index contributed by atoms with van der Waals surface area (Å²) in [5.41, 5.74) is 1.52. The highest BCUT2D eigenvalue weighted by molar-refractivity contribution is 6.30. The van der Waals surface area contributed by atoms with Crippen molar-refractivity contribution in [2.24, 2.45) is 0 Å². The van der Waals surface area contributed by atoms with Gasteiger partial charge in [-0.05, 0) is 37.5 Å². The van der Waals surface area contributed by atoms with E-state index in [1.165, 1.54) is 6.42 Å². The second kappa shape index (κ2) is 6.08. The van der Waals surface area contributed by atoms with Crippen LogP contribution in [0.5, 0.6) is 0 Å². The zero-order chi connectivity index (χ0) is 13.0. The number of nitriles is 1. The fraction of sp³-hybridized carbons (Fsp3) is 0.500. The maximum Gasteiger partial charge on any atom is 0.101 e. The minimum absolute atomic E-state index is 0.269. The molecule has 0 amide bonds. The van der Waals surface area contributed by atoms with Crippen LogP contribution in [0.25, 0.3) is 0 Å². The van der Waals surface area contributed by atoms with Crippen molar-refractivity contribution in [2.45, 2.75) is 25.4 Å². The van der Waals surface area contributed by atoms with E-state index in [0.29, 0.717) is 10.6 Å². The first-order valence-electron chi connectivity index (χ1n) is 6.23. The molecular formula is C14H17ClN2O. The van der Waals surface area contributed by atoms with Crippen LogP contribution in [0, 0.1) is 11.3 Å². The highest BCUT2D eigenvalue weighted by Crippen LogP contribution is 2.24. The summed E-state index contributed by atoms with van der Waals surface area (Å²) in [6, 6.07) is 7.60. The minimum Gasteiger partial charge on any atom is -0.376 e. The molecule has 0 aliphatic carbocycles. The molecule has 2 rings (SSSR count). The van der Waals surface area contributed by atoms with Crippen molar-refractivity contribution >= 4 is 17.3 Å². The zero-order valence-electron chi connectivity index (χ0n) is 10.5. The lowest BCUT2D eigenvalue weighted by Gasteiger charge is -2.29. The molecule has 18 heavy (non-hydrogen) atoms. The van der Waals surface area contributed by atoms with E-state index in [-0.39, 0.29) is 6.10 Å². The number of nitrogens with zero attached hydrogens (tertiary/aromatic N) is 2. The summed E-state index contributed by atoms with van der Waals surface area (Å²) < 4.78 is 5.72. The number of hydrogen-bond donors (Lipinski definition) is 0. The summed E-state index contributed by atoms with van der Waals surface area (Å²) in [6.07, 6.45) is 3.75. The molecule has 1 aromatic carbocycles. The Kier molecular flexibility index (Phi) is 4.46. The molecule has 1 aliphatic heterocycles. The first kappa shape index (κ1) is 13.2. The van der Waals surface area contributed by atoms with Crippen LogP contribution in [0.4, 0.5) is 5.69 Å². The fourth-order valence-electron chi connectivity index (χ4n) is 2.29. The zero-order valence-corrected chi connectivity index (χ0v) is 11.3. The Morgan fingerprint density at radius 2 is 2.33 bits per heavy atom. The van der Waals surface area contributed by atoms with Gasteiger partial charge in [0.1, 0.15) is 6.07 Å². The van der Waals surface area contributed by atoms with E-state index in [4.69, 9.17) is 21.6 Å². The van der Waals surface area contributed by atoms with Crippen LogP contribution in [0.1, 0.15) is 24.8 Å². The van der Waals surface area contributed by atoms with E-state index in [2.05, 4.69) is 11.0 Å². The van der Waals surface area contributed by atoms with E-state index in [1.807, 2.05) is 19.2 Å². The van der Waals surface area contributed by atoms with E-state index in [0.717, 1.165) is 31.7 Å². The lowest BCUT2D eigenvalue weighted by molar-refractivity contribution is 0.0216. The van der Waals surface area contributed by atoms with Crippen LogP contribution in [-0.2, 0) is 4.74 Å². The molecule has 0 N–H and O–H groups in total. The predicted molar refractivity (Wildman–Crippen MR) is 73.0 cm³/mol. The van der Waals surface area contributed by atoms with Gasteiger partial charge in [-0.1, -0.05) is 11.6 Å². The van der Waals surface area contributed by atoms with Gasteiger partial charge in [-0.25, -0.2) is 0 Å². The molecule has 3 nitrogen and oxygen atoms in total. The highest BCUT2D eigenvalue weighted by Gasteiger charge is 2.17. The number of rotatable bonds is 3. The highest BCUT2D eigenvalue weighted by atomic mass is 35.5. The Labute approximate surface area is 113 Å². The molecule has 1 atom stereocenters. The smallest absolute Gasteiger partial charge is 0.101 e. The molecule has 1 aliphatic rings. The van der Waals surface area contributed by atoms with Gasteiger partial charge in [0, 0.05) is 25.2 Å². The minimum atomic E-state index is 0.269. The van der Waals surface area contributed by atoms with Crippen LogP contribution < -0.4 is 4.90 Å². The van der Waals surface area contributed by atoms with Crippen molar-refractivity contribution in [2.75, 3.05) is 25.1 Å². The predicted octanol–water partition coefficient (Wildman–Crippen LogP) is 3.22.